The van der Waals surface area contributed by atoms with Crippen molar-refractivity contribution in [2.24, 2.45) is 11.5 Å². The Morgan fingerprint density at radius 2 is 1.00 bits per heavy atom. The number of carbonyl (C=O) groups is 11. The predicted octanol–water partition coefficient (Wildman–Crippen LogP) is -1.48. The number of amides is 7. The van der Waals surface area contributed by atoms with Gasteiger partial charge in [0.25, 0.3) is 11.8 Å². The highest BCUT2D eigenvalue weighted by Crippen LogP contribution is 2.14. The normalized spacial score (nSPS) is 13.1. The van der Waals surface area contributed by atoms with Gasteiger partial charge in [0, 0.05) is 63.9 Å². The Bertz CT molecular complexity index is 1500. The summed E-state index contributed by atoms with van der Waals surface area (Å²) in [5.41, 5.74) is 13.4. The molecule has 1 heterocycles. The van der Waals surface area contributed by atoms with Crippen molar-refractivity contribution in [2.75, 3.05) is 19.6 Å². The smallest absolute Gasteiger partial charge is 0.481 e. The zero-order valence-electron chi connectivity index (χ0n) is 30.1. The second-order valence-electron chi connectivity index (χ2n) is 11.4. The molecule has 0 aromatic carbocycles. The van der Waals surface area contributed by atoms with E-state index in [2.05, 4.69) is 16.1 Å². The van der Waals surface area contributed by atoms with Crippen LogP contribution < -0.4 is 27.5 Å². The Hall–Kier alpha value is -6.19. The lowest BCUT2D eigenvalue weighted by molar-refractivity contribution is -0.193. The van der Waals surface area contributed by atoms with E-state index in [0.29, 0.717) is 17.9 Å². The van der Waals surface area contributed by atoms with Gasteiger partial charge in [0.1, 0.15) is 0 Å². The number of imide groups is 2. The molecule has 0 fully saturated rings. The first-order chi connectivity index (χ1) is 26.6. The molecule has 0 aliphatic carbocycles. The molecule has 0 aromatic rings. The molecular weight excluding hydrogens is 812 g/mol. The van der Waals surface area contributed by atoms with Crippen LogP contribution in [0.3, 0.4) is 0 Å². The summed E-state index contributed by atoms with van der Waals surface area (Å²) in [6, 6.07) is -2.24. The summed E-state index contributed by atoms with van der Waals surface area (Å²) in [4.78, 5) is 126. The fraction of sp³-hybridized carbons (Fsp3) is 0.567. The topological polar surface area (TPSA) is 363 Å². The zero-order valence-corrected chi connectivity index (χ0v) is 30.1. The maximum atomic E-state index is 12.9. The van der Waals surface area contributed by atoms with Crippen LogP contribution in [0, 0.1) is 0 Å². The van der Waals surface area contributed by atoms with Crippen molar-refractivity contribution in [3.8, 4) is 0 Å². The lowest BCUT2D eigenvalue weighted by Gasteiger charge is -2.22. The summed E-state index contributed by atoms with van der Waals surface area (Å²) in [5.74, 6) is -12.5. The molecular formula is C30H41F6N7O15. The molecule has 0 saturated heterocycles. The first-order valence-electron chi connectivity index (χ1n) is 16.4. The highest BCUT2D eigenvalue weighted by molar-refractivity contribution is 6.12. The second kappa shape index (κ2) is 26.6. The number of alkyl halides is 6. The van der Waals surface area contributed by atoms with Crippen LogP contribution >= 0.6 is 0 Å². The van der Waals surface area contributed by atoms with Gasteiger partial charge in [-0.15, -0.1) is 0 Å². The third-order valence-electron chi connectivity index (χ3n) is 6.69. The van der Waals surface area contributed by atoms with E-state index in [4.69, 9.17) is 41.5 Å². The van der Waals surface area contributed by atoms with Crippen molar-refractivity contribution >= 4 is 65.2 Å². The number of nitrogens with two attached hydrogens (primary N) is 2. The molecule has 0 spiro atoms. The molecule has 0 unspecified atom stereocenters. The number of rotatable bonds is 20. The number of nitrogens with one attached hydrogen (secondary N) is 3. The number of carbonyl (C=O) groups excluding carboxylic acids is 7. The zero-order chi connectivity index (χ0) is 45.4. The van der Waals surface area contributed by atoms with Gasteiger partial charge in [0.15, 0.2) is 0 Å². The molecule has 2 atom stereocenters. The van der Waals surface area contributed by atoms with Crippen molar-refractivity contribution in [2.45, 2.75) is 88.6 Å². The largest absolute Gasteiger partial charge is 0.490 e. The Kier molecular flexibility index (Phi) is 24.7. The van der Waals surface area contributed by atoms with Crippen LogP contribution in [0.15, 0.2) is 12.2 Å². The van der Waals surface area contributed by atoms with Crippen LogP contribution in [0.2, 0.25) is 0 Å². The van der Waals surface area contributed by atoms with Crippen LogP contribution in [0.5, 0.6) is 0 Å². The lowest BCUT2D eigenvalue weighted by Crippen LogP contribution is -2.51. The summed E-state index contributed by atoms with van der Waals surface area (Å²) >= 11 is 0. The number of hydrazine groups is 1. The van der Waals surface area contributed by atoms with Crippen molar-refractivity contribution in [3.05, 3.63) is 12.2 Å². The number of halogens is 6. The molecule has 1 aliphatic heterocycles. The van der Waals surface area contributed by atoms with Gasteiger partial charge in [-0.1, -0.05) is 6.42 Å². The van der Waals surface area contributed by atoms with Crippen LogP contribution in [0.4, 0.5) is 26.3 Å². The standard InChI is InChI=1S/C26H39N7O11.2C2HF3O2/c27-16(5-9-23(39)40)25(43)29-13-11-18(34)31-33(22(38)12-14-30-26(44)17(28)6-10-24(41)42)21(37)4-2-1-3-15-32-19(35)7-8-20(32)36;2*3-2(4,5)1(6)7/h7-8,16-17H,1-6,9-15,27-28H2,(H,29,43)(H,30,44)(H,31,34)(H,39,40)(H,41,42);2*(H,6,7)/t16-,17-;;/m0../s1. The monoisotopic (exact) mass is 853 g/mol. The molecule has 28 heteroatoms. The summed E-state index contributed by atoms with van der Waals surface area (Å²) in [5, 5.41) is 36.9. The Morgan fingerprint density at radius 1 is 0.621 bits per heavy atom. The molecule has 11 N–H and O–H groups in total. The van der Waals surface area contributed by atoms with Gasteiger partial charge in [0.05, 0.1) is 12.1 Å². The minimum absolute atomic E-state index is 0.118. The minimum Gasteiger partial charge on any atom is -0.481 e. The Labute approximate surface area is 322 Å². The van der Waals surface area contributed by atoms with Crippen molar-refractivity contribution in [3.63, 3.8) is 0 Å². The molecule has 1 aliphatic rings. The average molecular weight is 854 g/mol. The van der Waals surface area contributed by atoms with E-state index in [-0.39, 0.29) is 64.6 Å². The molecule has 0 bridgehead atoms. The molecule has 328 valence electrons. The minimum atomic E-state index is -5.08. The molecule has 0 aromatic heterocycles. The third kappa shape index (κ3) is 25.1. The number of carboxylic acids is 4. The third-order valence-corrected chi connectivity index (χ3v) is 6.69. The Morgan fingerprint density at radius 3 is 1.38 bits per heavy atom. The number of carboxylic acid groups (broad SMARTS) is 4. The van der Waals surface area contributed by atoms with Crippen LogP contribution in [0.25, 0.3) is 0 Å². The number of hydrogen-bond donors (Lipinski definition) is 9. The highest BCUT2D eigenvalue weighted by Gasteiger charge is 2.39. The quantitative estimate of drug-likeness (QED) is 0.0292. The van der Waals surface area contributed by atoms with Gasteiger partial charge < -0.3 is 42.5 Å². The molecule has 0 radical (unpaired) electrons. The van der Waals surface area contributed by atoms with Gasteiger partial charge in [-0.3, -0.25) is 53.5 Å². The van der Waals surface area contributed by atoms with E-state index >= 15 is 0 Å². The van der Waals surface area contributed by atoms with E-state index in [1.165, 1.54) is 0 Å². The predicted molar refractivity (Wildman–Crippen MR) is 177 cm³/mol. The number of aliphatic carboxylic acids is 4. The van der Waals surface area contributed by atoms with E-state index in [0.717, 1.165) is 17.1 Å². The van der Waals surface area contributed by atoms with Gasteiger partial charge in [0.2, 0.25) is 29.5 Å². The molecule has 7 amide bonds. The van der Waals surface area contributed by atoms with Crippen LogP contribution in [0.1, 0.15) is 64.2 Å². The van der Waals surface area contributed by atoms with Gasteiger partial charge >= 0.3 is 36.2 Å². The van der Waals surface area contributed by atoms with Gasteiger partial charge in [-0.05, 0) is 25.7 Å². The summed E-state index contributed by atoms with van der Waals surface area (Å²) < 4.78 is 63.5. The average Bonchev–Trinajstić information content (AvgIpc) is 3.43. The van der Waals surface area contributed by atoms with E-state index in [9.17, 15) is 69.5 Å². The summed E-state index contributed by atoms with van der Waals surface area (Å²) in [6.07, 6.45) is -8.68. The van der Waals surface area contributed by atoms with Gasteiger partial charge in [-0.25, -0.2) is 9.59 Å². The van der Waals surface area contributed by atoms with Gasteiger partial charge in [-0.2, -0.15) is 31.4 Å². The molecule has 22 nitrogen and oxygen atoms in total. The van der Waals surface area contributed by atoms with Crippen LogP contribution in [-0.4, -0.2) is 140 Å². The first kappa shape index (κ1) is 53.9. The van der Waals surface area contributed by atoms with E-state index < -0.39 is 96.1 Å². The molecule has 0 saturated carbocycles. The number of unbranched alkanes of at least 4 members (excludes halogenated alkanes) is 2. The number of hydrogen-bond acceptors (Lipinski definition) is 13. The first-order valence-corrected chi connectivity index (χ1v) is 16.4. The molecule has 58 heavy (non-hydrogen) atoms. The fourth-order valence-corrected chi connectivity index (χ4v) is 3.72. The van der Waals surface area contributed by atoms with Crippen molar-refractivity contribution < 1.29 is 99.5 Å². The summed E-state index contributed by atoms with van der Waals surface area (Å²) in [6.45, 7) is -0.346. The summed E-state index contributed by atoms with van der Waals surface area (Å²) in [7, 11) is 0. The fourth-order valence-electron chi connectivity index (χ4n) is 3.72. The van der Waals surface area contributed by atoms with Crippen molar-refractivity contribution in [1.29, 1.82) is 0 Å². The second-order valence-corrected chi connectivity index (χ2v) is 11.4. The highest BCUT2D eigenvalue weighted by atomic mass is 19.4. The van der Waals surface area contributed by atoms with E-state index in [1.54, 1.807) is 0 Å². The lowest BCUT2D eigenvalue weighted by atomic mass is 10.1. The molecule has 1 rings (SSSR count). The SMILES string of the molecule is N[C@@H](CCC(=O)O)C(=O)NCCC(=O)NN(C(=O)CCCCCN1C(=O)C=CC1=O)C(=O)CCNC(=O)[C@@H](N)CCC(=O)O.O=C(O)C(F)(F)F.O=C(O)C(F)(F)F. The number of nitrogens with zero attached hydrogens (tertiary/aromatic N) is 2. The van der Waals surface area contributed by atoms with Crippen LogP contribution in [-0.2, 0) is 52.7 Å². The van der Waals surface area contributed by atoms with E-state index in [1.807, 2.05) is 0 Å². The van der Waals surface area contributed by atoms with Crippen molar-refractivity contribution in [1.82, 2.24) is 26.0 Å². The maximum absolute atomic E-state index is 12.9. The Balaban J connectivity index is 0. The maximum Gasteiger partial charge on any atom is 0.490 e.